The van der Waals surface area contributed by atoms with Crippen LogP contribution in [0.25, 0.3) is 11.1 Å². The quantitative estimate of drug-likeness (QED) is 0.478. The van der Waals surface area contributed by atoms with Crippen molar-refractivity contribution in [3.8, 4) is 11.1 Å². The van der Waals surface area contributed by atoms with E-state index in [9.17, 15) is 4.39 Å². The fourth-order valence-electron chi connectivity index (χ4n) is 2.33. The topological polar surface area (TPSA) is 21.6 Å². The number of rotatable bonds is 5. The third-order valence-electron chi connectivity index (χ3n) is 3.49. The molecule has 0 fully saturated rings. The highest BCUT2D eigenvalue weighted by Gasteiger charge is 2.04. The Balaban J connectivity index is 1.71. The molecule has 3 aromatic carbocycles. The van der Waals surface area contributed by atoms with Gasteiger partial charge in [0.25, 0.3) is 0 Å². The minimum Gasteiger partial charge on any atom is -0.391 e. The molecule has 0 aliphatic heterocycles. The molecule has 114 valence electrons. The van der Waals surface area contributed by atoms with E-state index in [0.29, 0.717) is 12.2 Å². The Bertz CT molecular complexity index is 800. The van der Waals surface area contributed by atoms with Crippen LogP contribution in [0.3, 0.4) is 0 Å². The standard InChI is InChI=1S/C20H16FNO/c21-20-13-7-5-10-17(20)14-22-23-15-18-11-4-6-12-19(18)16-8-2-1-3-9-16/h1-14H,15H2. The second-order valence-electron chi connectivity index (χ2n) is 5.05. The summed E-state index contributed by atoms with van der Waals surface area (Å²) in [7, 11) is 0. The van der Waals surface area contributed by atoms with Gasteiger partial charge in [-0.05, 0) is 22.8 Å². The molecule has 0 amide bonds. The Morgan fingerprint density at radius 3 is 2.35 bits per heavy atom. The van der Waals surface area contributed by atoms with Crippen LogP contribution in [0.15, 0.2) is 84.0 Å². The largest absolute Gasteiger partial charge is 0.391 e. The van der Waals surface area contributed by atoms with E-state index in [4.69, 9.17) is 4.84 Å². The molecule has 0 aliphatic rings. The van der Waals surface area contributed by atoms with Gasteiger partial charge < -0.3 is 4.84 Å². The molecule has 0 bridgehead atoms. The van der Waals surface area contributed by atoms with Gasteiger partial charge in [-0.1, -0.05) is 78.0 Å². The fourth-order valence-corrected chi connectivity index (χ4v) is 2.33. The molecule has 0 radical (unpaired) electrons. The minimum absolute atomic E-state index is 0.315. The minimum atomic E-state index is -0.315. The van der Waals surface area contributed by atoms with Gasteiger partial charge in [0.15, 0.2) is 0 Å². The van der Waals surface area contributed by atoms with Crippen LogP contribution in [0.1, 0.15) is 11.1 Å². The molecule has 0 saturated carbocycles. The average molecular weight is 305 g/mol. The molecular formula is C20H16FNO. The smallest absolute Gasteiger partial charge is 0.142 e. The molecule has 0 heterocycles. The van der Waals surface area contributed by atoms with E-state index in [1.165, 1.54) is 12.3 Å². The molecule has 23 heavy (non-hydrogen) atoms. The third-order valence-corrected chi connectivity index (χ3v) is 3.49. The van der Waals surface area contributed by atoms with E-state index < -0.39 is 0 Å². The van der Waals surface area contributed by atoms with E-state index in [0.717, 1.165) is 16.7 Å². The first-order valence-electron chi connectivity index (χ1n) is 7.38. The maximum atomic E-state index is 13.5. The van der Waals surface area contributed by atoms with Gasteiger partial charge >= 0.3 is 0 Å². The first kappa shape index (κ1) is 15.0. The maximum Gasteiger partial charge on any atom is 0.142 e. The second-order valence-corrected chi connectivity index (χ2v) is 5.05. The second kappa shape index (κ2) is 7.36. The van der Waals surface area contributed by atoms with E-state index in [1.807, 2.05) is 36.4 Å². The first-order valence-corrected chi connectivity index (χ1v) is 7.38. The van der Waals surface area contributed by atoms with Gasteiger partial charge in [-0.3, -0.25) is 0 Å². The number of halogens is 1. The summed E-state index contributed by atoms with van der Waals surface area (Å²) in [5.74, 6) is -0.315. The van der Waals surface area contributed by atoms with Crippen LogP contribution in [0, 0.1) is 5.82 Å². The van der Waals surface area contributed by atoms with Crippen molar-refractivity contribution < 1.29 is 9.23 Å². The lowest BCUT2D eigenvalue weighted by Crippen LogP contribution is -1.93. The van der Waals surface area contributed by atoms with Crippen molar-refractivity contribution in [1.82, 2.24) is 0 Å². The van der Waals surface area contributed by atoms with Crippen LogP contribution in [0.4, 0.5) is 4.39 Å². The zero-order valence-corrected chi connectivity index (χ0v) is 12.5. The Hall–Kier alpha value is -2.94. The summed E-state index contributed by atoms with van der Waals surface area (Å²) in [6, 6.07) is 24.6. The molecule has 3 aromatic rings. The first-order chi connectivity index (χ1) is 11.3. The van der Waals surface area contributed by atoms with Gasteiger partial charge in [-0.2, -0.15) is 0 Å². The van der Waals surface area contributed by atoms with Gasteiger partial charge in [0.05, 0.1) is 6.21 Å². The molecule has 3 heteroatoms. The normalized spacial score (nSPS) is 10.8. The molecule has 0 spiro atoms. The number of hydrogen-bond donors (Lipinski definition) is 0. The lowest BCUT2D eigenvalue weighted by atomic mass is 10.0. The Morgan fingerprint density at radius 2 is 1.52 bits per heavy atom. The Morgan fingerprint density at radius 1 is 0.826 bits per heavy atom. The van der Waals surface area contributed by atoms with Gasteiger partial charge in [0.2, 0.25) is 0 Å². The number of nitrogens with zero attached hydrogens (tertiary/aromatic N) is 1. The van der Waals surface area contributed by atoms with Crippen LogP contribution >= 0.6 is 0 Å². The molecule has 0 aromatic heterocycles. The van der Waals surface area contributed by atoms with Crippen LogP contribution in [0.5, 0.6) is 0 Å². The van der Waals surface area contributed by atoms with E-state index in [-0.39, 0.29) is 5.82 Å². The third kappa shape index (κ3) is 3.83. The highest BCUT2D eigenvalue weighted by atomic mass is 19.1. The van der Waals surface area contributed by atoms with E-state index >= 15 is 0 Å². The van der Waals surface area contributed by atoms with Crippen LogP contribution in [-0.2, 0) is 11.4 Å². The molecule has 2 nitrogen and oxygen atoms in total. The highest BCUT2D eigenvalue weighted by Crippen LogP contribution is 2.23. The number of benzene rings is 3. The fraction of sp³-hybridized carbons (Fsp3) is 0.0500. The van der Waals surface area contributed by atoms with Crippen LogP contribution in [0.2, 0.25) is 0 Å². The zero-order chi connectivity index (χ0) is 15.9. The predicted molar refractivity (Wildman–Crippen MR) is 90.7 cm³/mol. The number of oxime groups is 1. The molecular weight excluding hydrogens is 289 g/mol. The molecule has 0 atom stereocenters. The summed E-state index contributed by atoms with van der Waals surface area (Å²) in [6.45, 7) is 0.329. The van der Waals surface area contributed by atoms with Crippen molar-refractivity contribution in [1.29, 1.82) is 0 Å². The zero-order valence-electron chi connectivity index (χ0n) is 12.5. The van der Waals surface area contributed by atoms with Gasteiger partial charge in [0, 0.05) is 5.56 Å². The molecule has 0 aliphatic carbocycles. The molecule has 3 rings (SSSR count). The van der Waals surface area contributed by atoms with Gasteiger partial charge in [0.1, 0.15) is 12.4 Å². The van der Waals surface area contributed by atoms with Crippen molar-refractivity contribution in [3.05, 3.63) is 95.8 Å². The summed E-state index contributed by atoms with van der Waals surface area (Å²) in [5, 5.41) is 3.87. The van der Waals surface area contributed by atoms with Crippen molar-refractivity contribution in [2.75, 3.05) is 0 Å². The Kier molecular flexibility index (Phi) is 4.79. The Labute approximate surface area is 134 Å². The summed E-state index contributed by atoms with van der Waals surface area (Å²) in [4.78, 5) is 5.34. The van der Waals surface area contributed by atoms with Crippen molar-refractivity contribution in [2.45, 2.75) is 6.61 Å². The van der Waals surface area contributed by atoms with Crippen molar-refractivity contribution >= 4 is 6.21 Å². The molecule has 0 saturated heterocycles. The highest BCUT2D eigenvalue weighted by molar-refractivity contribution is 5.79. The summed E-state index contributed by atoms with van der Waals surface area (Å²) in [6.07, 6.45) is 1.39. The molecule has 0 unspecified atom stereocenters. The predicted octanol–water partition coefficient (Wildman–Crippen LogP) is 5.04. The van der Waals surface area contributed by atoms with Crippen molar-refractivity contribution in [2.24, 2.45) is 5.16 Å². The maximum absolute atomic E-state index is 13.5. The van der Waals surface area contributed by atoms with Crippen LogP contribution < -0.4 is 0 Å². The summed E-state index contributed by atoms with van der Waals surface area (Å²) < 4.78 is 13.5. The van der Waals surface area contributed by atoms with Gasteiger partial charge in [-0.15, -0.1) is 0 Å². The summed E-state index contributed by atoms with van der Waals surface area (Å²) >= 11 is 0. The average Bonchev–Trinajstić information content (AvgIpc) is 2.61. The summed E-state index contributed by atoms with van der Waals surface area (Å²) in [5.41, 5.74) is 3.67. The SMILES string of the molecule is Fc1ccccc1C=NOCc1ccccc1-c1ccccc1. The van der Waals surface area contributed by atoms with Gasteiger partial charge in [-0.25, -0.2) is 4.39 Å². The number of hydrogen-bond acceptors (Lipinski definition) is 2. The van der Waals surface area contributed by atoms with Crippen LogP contribution in [-0.4, -0.2) is 6.21 Å². The van der Waals surface area contributed by atoms with Crippen molar-refractivity contribution in [3.63, 3.8) is 0 Å². The lowest BCUT2D eigenvalue weighted by molar-refractivity contribution is 0.132. The lowest BCUT2D eigenvalue weighted by Gasteiger charge is -2.08. The molecule has 0 N–H and O–H groups in total. The monoisotopic (exact) mass is 305 g/mol. The van der Waals surface area contributed by atoms with E-state index in [2.05, 4.69) is 23.4 Å². The van der Waals surface area contributed by atoms with E-state index in [1.54, 1.807) is 18.2 Å².